The Bertz CT molecular complexity index is 573. The average Bonchev–Trinajstić information content (AvgIpc) is 2.48. The van der Waals surface area contributed by atoms with Gasteiger partial charge in [0.1, 0.15) is 5.82 Å². The first-order valence-corrected chi connectivity index (χ1v) is 7.71. The maximum absolute atomic E-state index is 5.78. The fraction of sp³-hybridized carbons (Fsp3) is 0.471. The SMILES string of the molecule is Nc1ccc2nc(NCCC3CCCCC3)ccc2c1. The topological polar surface area (TPSA) is 50.9 Å². The third-order valence-electron chi connectivity index (χ3n) is 4.30. The molecule has 0 saturated heterocycles. The lowest BCUT2D eigenvalue weighted by Crippen LogP contribution is -2.12. The maximum atomic E-state index is 5.78. The van der Waals surface area contributed by atoms with Crippen LogP contribution in [0.3, 0.4) is 0 Å². The zero-order valence-electron chi connectivity index (χ0n) is 11.9. The lowest BCUT2D eigenvalue weighted by Gasteiger charge is -2.21. The lowest BCUT2D eigenvalue weighted by atomic mass is 9.87. The standard InChI is InChI=1S/C17H23N3/c18-15-7-8-16-14(12-15)6-9-17(20-16)19-11-10-13-4-2-1-3-5-13/h6-9,12-13H,1-5,10-11,18H2,(H,19,20). The number of nitrogens with two attached hydrogens (primary N) is 1. The van der Waals surface area contributed by atoms with Crippen molar-refractivity contribution in [1.82, 2.24) is 4.98 Å². The van der Waals surface area contributed by atoms with Gasteiger partial charge in [0, 0.05) is 17.6 Å². The smallest absolute Gasteiger partial charge is 0.126 e. The van der Waals surface area contributed by atoms with Crippen molar-refractivity contribution in [2.45, 2.75) is 38.5 Å². The monoisotopic (exact) mass is 269 g/mol. The summed E-state index contributed by atoms with van der Waals surface area (Å²) in [4.78, 5) is 4.63. The number of hydrogen-bond donors (Lipinski definition) is 2. The van der Waals surface area contributed by atoms with Crippen molar-refractivity contribution in [2.75, 3.05) is 17.6 Å². The maximum Gasteiger partial charge on any atom is 0.126 e. The second-order valence-corrected chi connectivity index (χ2v) is 5.87. The van der Waals surface area contributed by atoms with Gasteiger partial charge in [-0.3, -0.25) is 0 Å². The first kappa shape index (κ1) is 13.2. The van der Waals surface area contributed by atoms with Gasteiger partial charge in [-0.1, -0.05) is 32.1 Å². The molecule has 0 radical (unpaired) electrons. The predicted octanol–water partition coefficient (Wildman–Crippen LogP) is 4.20. The number of hydrogen-bond acceptors (Lipinski definition) is 3. The molecule has 1 aromatic carbocycles. The Morgan fingerprint density at radius 2 is 1.95 bits per heavy atom. The molecule has 0 aliphatic heterocycles. The Labute approximate surface area is 120 Å². The molecule has 1 saturated carbocycles. The van der Waals surface area contributed by atoms with Crippen LogP contribution in [-0.2, 0) is 0 Å². The van der Waals surface area contributed by atoms with Gasteiger partial charge in [-0.05, 0) is 42.7 Å². The molecular formula is C17H23N3. The van der Waals surface area contributed by atoms with Gasteiger partial charge in [-0.15, -0.1) is 0 Å². The quantitative estimate of drug-likeness (QED) is 0.818. The minimum Gasteiger partial charge on any atom is -0.399 e. The third-order valence-corrected chi connectivity index (χ3v) is 4.30. The van der Waals surface area contributed by atoms with Crippen LogP contribution in [0.25, 0.3) is 10.9 Å². The van der Waals surface area contributed by atoms with E-state index in [1.807, 2.05) is 24.3 Å². The molecule has 1 heterocycles. The molecule has 0 spiro atoms. The van der Waals surface area contributed by atoms with Gasteiger partial charge in [0.05, 0.1) is 5.52 Å². The van der Waals surface area contributed by atoms with Crippen molar-refractivity contribution in [1.29, 1.82) is 0 Å². The Hall–Kier alpha value is -1.77. The normalized spacial score (nSPS) is 16.4. The summed E-state index contributed by atoms with van der Waals surface area (Å²) >= 11 is 0. The Morgan fingerprint density at radius 1 is 1.10 bits per heavy atom. The summed E-state index contributed by atoms with van der Waals surface area (Å²) in [6.07, 6.45) is 8.35. The molecular weight excluding hydrogens is 246 g/mol. The van der Waals surface area contributed by atoms with Crippen LogP contribution in [0.2, 0.25) is 0 Å². The summed E-state index contributed by atoms with van der Waals surface area (Å²) in [5, 5.41) is 4.56. The molecule has 0 unspecified atom stereocenters. The Kier molecular flexibility index (Phi) is 4.05. The highest BCUT2D eigenvalue weighted by Crippen LogP contribution is 2.26. The van der Waals surface area contributed by atoms with Crippen LogP contribution in [0.5, 0.6) is 0 Å². The van der Waals surface area contributed by atoms with Crippen molar-refractivity contribution < 1.29 is 0 Å². The first-order valence-electron chi connectivity index (χ1n) is 7.71. The zero-order chi connectivity index (χ0) is 13.8. The number of pyridine rings is 1. The van der Waals surface area contributed by atoms with Gasteiger partial charge >= 0.3 is 0 Å². The molecule has 2 aromatic rings. The fourth-order valence-corrected chi connectivity index (χ4v) is 3.12. The summed E-state index contributed by atoms with van der Waals surface area (Å²) in [6.45, 7) is 1.03. The molecule has 1 aliphatic rings. The number of aromatic nitrogens is 1. The summed E-state index contributed by atoms with van der Waals surface area (Å²) in [7, 11) is 0. The van der Waals surface area contributed by atoms with Crippen LogP contribution in [-0.4, -0.2) is 11.5 Å². The molecule has 3 heteroatoms. The summed E-state index contributed by atoms with van der Waals surface area (Å²) in [5.41, 5.74) is 7.57. The lowest BCUT2D eigenvalue weighted by molar-refractivity contribution is 0.345. The second-order valence-electron chi connectivity index (χ2n) is 5.87. The van der Waals surface area contributed by atoms with Crippen molar-refractivity contribution in [2.24, 2.45) is 5.92 Å². The highest BCUT2D eigenvalue weighted by atomic mass is 15.0. The number of fused-ring (bicyclic) bond motifs is 1. The zero-order valence-corrected chi connectivity index (χ0v) is 11.9. The first-order chi connectivity index (χ1) is 9.81. The number of anilines is 2. The molecule has 0 atom stereocenters. The highest BCUT2D eigenvalue weighted by Gasteiger charge is 2.12. The van der Waals surface area contributed by atoms with Crippen molar-refractivity contribution >= 4 is 22.4 Å². The molecule has 3 rings (SSSR count). The summed E-state index contributed by atoms with van der Waals surface area (Å²) < 4.78 is 0. The molecule has 106 valence electrons. The number of nitrogens with zero attached hydrogens (tertiary/aromatic N) is 1. The van der Waals surface area contributed by atoms with E-state index in [0.29, 0.717) is 0 Å². The van der Waals surface area contributed by atoms with Gasteiger partial charge in [0.2, 0.25) is 0 Å². The highest BCUT2D eigenvalue weighted by molar-refractivity contribution is 5.83. The van der Waals surface area contributed by atoms with E-state index in [9.17, 15) is 0 Å². The van der Waals surface area contributed by atoms with Gasteiger partial charge in [-0.2, -0.15) is 0 Å². The molecule has 3 nitrogen and oxygen atoms in total. The molecule has 1 aromatic heterocycles. The second kappa shape index (κ2) is 6.12. The number of rotatable bonds is 4. The van der Waals surface area contributed by atoms with Crippen LogP contribution < -0.4 is 11.1 Å². The molecule has 3 N–H and O–H groups in total. The third kappa shape index (κ3) is 3.21. The molecule has 20 heavy (non-hydrogen) atoms. The summed E-state index contributed by atoms with van der Waals surface area (Å²) in [5.74, 6) is 1.88. The van der Waals surface area contributed by atoms with E-state index in [1.54, 1.807) is 0 Å². The van der Waals surface area contributed by atoms with E-state index in [4.69, 9.17) is 5.73 Å². The van der Waals surface area contributed by atoms with Crippen molar-refractivity contribution in [3.05, 3.63) is 30.3 Å². The number of nitrogens with one attached hydrogen (secondary N) is 1. The number of benzene rings is 1. The molecule has 0 amide bonds. The van der Waals surface area contributed by atoms with Crippen LogP contribution in [0.1, 0.15) is 38.5 Å². The predicted molar refractivity (Wildman–Crippen MR) is 85.8 cm³/mol. The van der Waals surface area contributed by atoms with E-state index >= 15 is 0 Å². The molecule has 1 aliphatic carbocycles. The average molecular weight is 269 g/mol. The van der Waals surface area contributed by atoms with Crippen molar-refractivity contribution in [3.63, 3.8) is 0 Å². The van der Waals surface area contributed by atoms with E-state index in [2.05, 4.69) is 16.4 Å². The minimum absolute atomic E-state index is 0.789. The van der Waals surface area contributed by atoms with E-state index in [0.717, 1.165) is 34.9 Å². The summed E-state index contributed by atoms with van der Waals surface area (Å²) in [6, 6.07) is 9.98. The minimum atomic E-state index is 0.789. The van der Waals surface area contributed by atoms with Crippen LogP contribution in [0, 0.1) is 5.92 Å². The van der Waals surface area contributed by atoms with E-state index in [-0.39, 0.29) is 0 Å². The Balaban J connectivity index is 1.58. The van der Waals surface area contributed by atoms with Gasteiger partial charge in [0.25, 0.3) is 0 Å². The van der Waals surface area contributed by atoms with Gasteiger partial charge in [0.15, 0.2) is 0 Å². The van der Waals surface area contributed by atoms with Crippen molar-refractivity contribution in [3.8, 4) is 0 Å². The van der Waals surface area contributed by atoms with E-state index in [1.165, 1.54) is 38.5 Å². The largest absolute Gasteiger partial charge is 0.399 e. The molecule has 0 bridgehead atoms. The van der Waals surface area contributed by atoms with Crippen LogP contribution in [0.15, 0.2) is 30.3 Å². The number of nitrogen functional groups attached to an aromatic ring is 1. The fourth-order valence-electron chi connectivity index (χ4n) is 3.12. The van der Waals surface area contributed by atoms with Crippen LogP contribution in [0.4, 0.5) is 11.5 Å². The molecule has 1 fully saturated rings. The van der Waals surface area contributed by atoms with Gasteiger partial charge < -0.3 is 11.1 Å². The van der Waals surface area contributed by atoms with Crippen LogP contribution >= 0.6 is 0 Å². The van der Waals surface area contributed by atoms with Gasteiger partial charge in [-0.25, -0.2) is 4.98 Å². The van der Waals surface area contributed by atoms with E-state index < -0.39 is 0 Å². The Morgan fingerprint density at radius 3 is 2.80 bits per heavy atom.